The Kier molecular flexibility index (Phi) is 7.83. The van der Waals surface area contributed by atoms with Crippen molar-refractivity contribution in [3.05, 3.63) is 100 Å². The van der Waals surface area contributed by atoms with Crippen LogP contribution >= 0.6 is 0 Å². The van der Waals surface area contributed by atoms with Crippen LogP contribution in [0.1, 0.15) is 57.4 Å². The molecule has 172 valence electrons. The van der Waals surface area contributed by atoms with Gasteiger partial charge in [0.1, 0.15) is 12.4 Å². The van der Waals surface area contributed by atoms with E-state index in [-0.39, 0.29) is 11.3 Å². The van der Waals surface area contributed by atoms with E-state index in [1.54, 1.807) is 6.20 Å². The molecule has 0 radical (unpaired) electrons. The Labute approximate surface area is 194 Å². The Morgan fingerprint density at radius 3 is 2.09 bits per heavy atom. The fourth-order valence-corrected chi connectivity index (χ4v) is 3.76. The molecule has 0 bridgehead atoms. The number of aromatic amines is 1. The van der Waals surface area contributed by atoms with Gasteiger partial charge in [0.05, 0.1) is 5.69 Å². The molecule has 2 aromatic heterocycles. The Morgan fingerprint density at radius 1 is 0.939 bits per heavy atom. The molecule has 2 aromatic carbocycles. The molecule has 0 fully saturated rings. The van der Waals surface area contributed by atoms with Gasteiger partial charge < -0.3 is 9.15 Å². The minimum absolute atomic E-state index is 0.00323. The second-order valence-corrected chi connectivity index (χ2v) is 8.52. The zero-order chi connectivity index (χ0) is 23.8. The molecule has 4 aromatic rings. The topological polar surface area (TPSA) is 81.0 Å². The summed E-state index contributed by atoms with van der Waals surface area (Å²) in [7, 11) is 0. The van der Waals surface area contributed by atoms with Gasteiger partial charge in [0.15, 0.2) is 0 Å². The van der Waals surface area contributed by atoms with Crippen molar-refractivity contribution in [1.29, 1.82) is 0 Å². The molecule has 1 atom stereocenters. The maximum Gasteiger partial charge on any atom is 0.434 e. The van der Waals surface area contributed by atoms with E-state index in [1.165, 1.54) is 11.1 Å². The van der Waals surface area contributed by atoms with E-state index in [1.807, 2.05) is 56.3 Å². The summed E-state index contributed by atoms with van der Waals surface area (Å²) in [6.45, 7) is 11.1. The van der Waals surface area contributed by atoms with Gasteiger partial charge in [0.2, 0.25) is 5.89 Å². The van der Waals surface area contributed by atoms with Crippen LogP contribution in [0.2, 0.25) is 0 Å². The molecule has 0 aliphatic carbocycles. The second kappa shape index (κ2) is 10.8. The van der Waals surface area contributed by atoms with Crippen molar-refractivity contribution in [2.24, 2.45) is 5.41 Å². The van der Waals surface area contributed by atoms with Crippen LogP contribution in [0, 0.1) is 5.41 Å². The number of nitrogens with zero attached hydrogens (tertiary/aromatic N) is 2. The lowest BCUT2D eigenvalue weighted by atomic mass is 9.72. The summed E-state index contributed by atoms with van der Waals surface area (Å²) in [6, 6.07) is 22.0. The van der Waals surface area contributed by atoms with Gasteiger partial charge in [-0.2, -0.15) is 0 Å². The first kappa shape index (κ1) is 24.0. The van der Waals surface area contributed by atoms with Crippen molar-refractivity contribution in [2.45, 2.75) is 47.1 Å². The maximum atomic E-state index is 11.2. The fourth-order valence-electron chi connectivity index (χ4n) is 3.76. The maximum absolute atomic E-state index is 11.2. The van der Waals surface area contributed by atoms with Crippen molar-refractivity contribution >= 4 is 0 Å². The zero-order valence-electron chi connectivity index (χ0n) is 19.8. The highest BCUT2D eigenvalue weighted by atomic mass is 16.5. The number of rotatable bonds is 6. The summed E-state index contributed by atoms with van der Waals surface area (Å²) in [4.78, 5) is 15.5. The van der Waals surface area contributed by atoms with Crippen LogP contribution in [0.4, 0.5) is 0 Å². The predicted octanol–water partition coefficient (Wildman–Crippen LogP) is 6.21. The minimum Gasteiger partial charge on any atom is -0.487 e. The average Bonchev–Trinajstić information content (AvgIpc) is 3.26. The van der Waals surface area contributed by atoms with E-state index in [4.69, 9.17) is 9.15 Å². The first-order valence-electron chi connectivity index (χ1n) is 11.2. The van der Waals surface area contributed by atoms with Crippen molar-refractivity contribution in [3.63, 3.8) is 0 Å². The van der Waals surface area contributed by atoms with Crippen LogP contribution in [-0.4, -0.2) is 15.2 Å². The number of H-pyrrole nitrogens is 1. The highest BCUT2D eigenvalue weighted by Crippen LogP contribution is 2.41. The van der Waals surface area contributed by atoms with E-state index in [9.17, 15) is 4.79 Å². The number of nitrogens with one attached hydrogen (secondary N) is 1. The lowest BCUT2D eigenvalue weighted by Gasteiger charge is -2.32. The van der Waals surface area contributed by atoms with E-state index >= 15 is 0 Å². The van der Waals surface area contributed by atoms with E-state index in [2.05, 4.69) is 60.2 Å². The third-order valence-electron chi connectivity index (χ3n) is 5.12. The highest BCUT2D eigenvalue weighted by molar-refractivity contribution is 5.54. The quantitative estimate of drug-likeness (QED) is 0.382. The van der Waals surface area contributed by atoms with Crippen LogP contribution in [0.5, 0.6) is 5.75 Å². The number of hydrogen-bond donors (Lipinski definition) is 1. The van der Waals surface area contributed by atoms with Crippen LogP contribution in [0.15, 0.2) is 82.1 Å². The normalized spacial score (nSPS) is 11.9. The minimum atomic E-state index is -0.558. The Bertz CT molecular complexity index is 1170. The van der Waals surface area contributed by atoms with Crippen molar-refractivity contribution in [1.82, 2.24) is 15.2 Å². The largest absolute Gasteiger partial charge is 0.487 e. The number of ether oxygens (including phenoxy) is 1. The van der Waals surface area contributed by atoms with E-state index in [0.717, 1.165) is 17.0 Å². The third-order valence-corrected chi connectivity index (χ3v) is 5.12. The van der Waals surface area contributed by atoms with Crippen molar-refractivity contribution in [3.8, 4) is 17.2 Å². The molecule has 0 saturated carbocycles. The number of pyridine rings is 1. The van der Waals surface area contributed by atoms with Gasteiger partial charge in [-0.1, -0.05) is 65.0 Å². The van der Waals surface area contributed by atoms with E-state index < -0.39 is 5.76 Å². The van der Waals surface area contributed by atoms with Crippen LogP contribution < -0.4 is 10.5 Å². The van der Waals surface area contributed by atoms with Gasteiger partial charge in [0, 0.05) is 17.7 Å². The number of hydrogen-bond acceptors (Lipinski definition) is 5. The molecular formula is C27H31N3O3. The highest BCUT2D eigenvalue weighted by Gasteiger charge is 2.28. The summed E-state index contributed by atoms with van der Waals surface area (Å²) in [6.07, 6.45) is 1.76. The smallest absolute Gasteiger partial charge is 0.434 e. The van der Waals surface area contributed by atoms with Crippen molar-refractivity contribution in [2.75, 3.05) is 0 Å². The molecule has 1 N–H and O–H groups in total. The molecule has 33 heavy (non-hydrogen) atoms. The summed E-state index contributed by atoms with van der Waals surface area (Å²) in [5.41, 5.74) is 4.03. The van der Waals surface area contributed by atoms with Gasteiger partial charge in [-0.3, -0.25) is 4.98 Å². The monoisotopic (exact) mass is 445 g/mol. The van der Waals surface area contributed by atoms with Gasteiger partial charge in [-0.05, 0) is 52.9 Å². The molecule has 0 amide bonds. The standard InChI is InChI=1S/C25H25N3O3.C2H6/c1-25(2,3)22(17-7-9-19(10-8-17)23-27-28-24(29)31-23)18-11-13-21(14-12-18)30-16-20-6-4-5-15-26-20;1-2/h4-15,22H,16H2,1-3H3,(H,28,29);1-2H3. The predicted molar refractivity (Wildman–Crippen MR) is 130 cm³/mol. The van der Waals surface area contributed by atoms with Crippen molar-refractivity contribution < 1.29 is 9.15 Å². The molecular weight excluding hydrogens is 414 g/mol. The Balaban J connectivity index is 0.00000149. The molecule has 6 nitrogen and oxygen atoms in total. The number of aromatic nitrogens is 3. The first-order chi connectivity index (χ1) is 15.9. The lowest BCUT2D eigenvalue weighted by Crippen LogP contribution is -2.19. The molecule has 0 aliphatic heterocycles. The van der Waals surface area contributed by atoms with Crippen LogP contribution in [-0.2, 0) is 6.61 Å². The molecule has 6 heteroatoms. The average molecular weight is 446 g/mol. The second-order valence-electron chi connectivity index (χ2n) is 8.52. The van der Waals surface area contributed by atoms with Gasteiger partial charge >= 0.3 is 5.76 Å². The zero-order valence-corrected chi connectivity index (χ0v) is 19.8. The van der Waals surface area contributed by atoms with Crippen LogP contribution in [0.25, 0.3) is 11.5 Å². The molecule has 0 saturated heterocycles. The summed E-state index contributed by atoms with van der Waals surface area (Å²) in [5, 5.41) is 6.19. The fraction of sp³-hybridized carbons (Fsp3) is 0.296. The molecule has 2 heterocycles. The number of benzene rings is 2. The Morgan fingerprint density at radius 2 is 1.58 bits per heavy atom. The van der Waals surface area contributed by atoms with Gasteiger partial charge in [0.25, 0.3) is 0 Å². The van der Waals surface area contributed by atoms with Gasteiger partial charge in [-0.15, -0.1) is 5.10 Å². The van der Waals surface area contributed by atoms with E-state index in [0.29, 0.717) is 12.5 Å². The molecule has 0 spiro atoms. The lowest BCUT2D eigenvalue weighted by molar-refractivity contribution is 0.301. The first-order valence-corrected chi connectivity index (χ1v) is 11.2. The third kappa shape index (κ3) is 6.19. The van der Waals surface area contributed by atoms with Gasteiger partial charge in [-0.25, -0.2) is 9.89 Å². The summed E-state index contributed by atoms with van der Waals surface area (Å²) in [5.74, 6) is 0.721. The SMILES string of the molecule is CC.CC(C)(C)C(c1ccc(OCc2ccccn2)cc1)c1ccc(-c2n[nH]c(=O)o2)cc1. The Hall–Kier alpha value is -3.67. The summed E-state index contributed by atoms with van der Waals surface area (Å²) >= 11 is 0. The van der Waals surface area contributed by atoms with Crippen LogP contribution in [0.3, 0.4) is 0 Å². The molecule has 4 rings (SSSR count). The molecule has 0 aliphatic rings. The molecule has 1 unspecified atom stereocenters. The summed E-state index contributed by atoms with van der Waals surface area (Å²) < 4.78 is 10.9.